The number of pyridine rings is 1. The summed E-state index contributed by atoms with van der Waals surface area (Å²) in [5.41, 5.74) is 7.58. The van der Waals surface area contributed by atoms with Crippen LogP contribution in [0, 0.1) is 5.41 Å². The first-order chi connectivity index (χ1) is 14.5. The van der Waals surface area contributed by atoms with Crippen molar-refractivity contribution < 1.29 is 9.53 Å². The van der Waals surface area contributed by atoms with Gasteiger partial charge in [0.1, 0.15) is 5.82 Å². The van der Waals surface area contributed by atoms with E-state index in [2.05, 4.69) is 28.2 Å². The number of hydrogen-bond acceptors (Lipinski definition) is 6. The van der Waals surface area contributed by atoms with Crippen LogP contribution in [0.1, 0.15) is 43.0 Å². The van der Waals surface area contributed by atoms with Gasteiger partial charge in [-0.2, -0.15) is 0 Å². The van der Waals surface area contributed by atoms with Crippen molar-refractivity contribution in [3.63, 3.8) is 0 Å². The summed E-state index contributed by atoms with van der Waals surface area (Å²) in [6.45, 7) is 6.18. The van der Waals surface area contributed by atoms with Gasteiger partial charge in [0.05, 0.1) is 28.2 Å². The molecule has 2 aromatic rings. The average molecular weight is 500 g/mol. The van der Waals surface area contributed by atoms with Crippen LogP contribution in [0.15, 0.2) is 24.3 Å². The van der Waals surface area contributed by atoms with E-state index in [1.807, 2.05) is 29.5 Å². The Balaban J connectivity index is 0.00000144. The zero-order valence-corrected chi connectivity index (χ0v) is 20.8. The van der Waals surface area contributed by atoms with Crippen molar-refractivity contribution in [2.75, 3.05) is 38.5 Å². The van der Waals surface area contributed by atoms with E-state index in [-0.39, 0.29) is 35.8 Å². The molecule has 1 unspecified atom stereocenters. The number of nitrogens with zero attached hydrogens (tertiary/aromatic N) is 2. The molecule has 3 aliphatic heterocycles. The molecular formula is C23H32Cl2N4O2S. The lowest BCUT2D eigenvalue weighted by Crippen LogP contribution is -2.54. The van der Waals surface area contributed by atoms with Crippen molar-refractivity contribution in [3.05, 3.63) is 34.7 Å². The molecule has 5 rings (SSSR count). The first-order valence-corrected chi connectivity index (χ1v) is 11.8. The smallest absolute Gasteiger partial charge is 0.229 e. The minimum atomic E-state index is -0.273. The molecule has 0 aliphatic carbocycles. The number of aromatic nitrogens is 1. The van der Waals surface area contributed by atoms with Crippen LogP contribution in [0.4, 0.5) is 5.82 Å². The minimum Gasteiger partial charge on any atom is -0.384 e. The molecule has 2 fully saturated rings. The van der Waals surface area contributed by atoms with E-state index < -0.39 is 0 Å². The van der Waals surface area contributed by atoms with Crippen molar-refractivity contribution in [3.8, 4) is 10.6 Å². The highest BCUT2D eigenvalue weighted by molar-refractivity contribution is 7.15. The maximum Gasteiger partial charge on any atom is 0.229 e. The fourth-order valence-electron chi connectivity index (χ4n) is 5.24. The van der Waals surface area contributed by atoms with Crippen LogP contribution < -0.4 is 11.1 Å². The summed E-state index contributed by atoms with van der Waals surface area (Å²) in [6.07, 6.45) is 4.70. The molecule has 0 aromatic carbocycles. The number of anilines is 1. The van der Waals surface area contributed by atoms with Gasteiger partial charge in [0.15, 0.2) is 0 Å². The number of ether oxygens (including phenoxy) is 1. The van der Waals surface area contributed by atoms with E-state index in [1.165, 1.54) is 10.4 Å². The molecule has 6 nitrogen and oxygen atoms in total. The monoisotopic (exact) mass is 498 g/mol. The summed E-state index contributed by atoms with van der Waals surface area (Å²) >= 11 is 1.81. The highest BCUT2D eigenvalue weighted by atomic mass is 35.5. The van der Waals surface area contributed by atoms with Gasteiger partial charge in [-0.05, 0) is 62.9 Å². The standard InChI is InChI=1S/C23H30N4O2S.2ClH/c1-22(7-3-10-25-15-22)21(28)27-11-8-23(9-12-27)16-14-19(30-18(16)6-13-29-23)17-4-2-5-20(24)26-17;;/h2,4-5,14,25H,3,6-13,15H2,1H3,(H2,24,26);2*1H. The Bertz CT molecular complexity index is 953. The third-order valence-electron chi connectivity index (χ3n) is 7.00. The number of amides is 1. The van der Waals surface area contributed by atoms with Crippen molar-refractivity contribution in [2.24, 2.45) is 5.41 Å². The topological polar surface area (TPSA) is 80.5 Å². The van der Waals surface area contributed by atoms with Gasteiger partial charge in [0, 0.05) is 30.9 Å². The number of piperidine rings is 2. The fourth-order valence-corrected chi connectivity index (χ4v) is 6.44. The number of carbonyl (C=O) groups is 1. The highest BCUT2D eigenvalue weighted by Gasteiger charge is 2.45. The Morgan fingerprint density at radius 2 is 2.03 bits per heavy atom. The molecule has 9 heteroatoms. The van der Waals surface area contributed by atoms with E-state index in [4.69, 9.17) is 10.5 Å². The van der Waals surface area contributed by atoms with Crippen LogP contribution in [-0.2, 0) is 21.6 Å². The number of thiophene rings is 1. The molecule has 1 spiro atoms. The van der Waals surface area contributed by atoms with E-state index in [0.717, 1.165) is 75.5 Å². The number of nitrogens with one attached hydrogen (secondary N) is 1. The molecule has 0 bridgehead atoms. The maximum atomic E-state index is 13.2. The molecule has 1 atom stereocenters. The van der Waals surface area contributed by atoms with Crippen molar-refractivity contribution >= 4 is 47.9 Å². The zero-order valence-electron chi connectivity index (χ0n) is 18.4. The summed E-state index contributed by atoms with van der Waals surface area (Å²) in [6, 6.07) is 8.04. The predicted molar refractivity (Wildman–Crippen MR) is 134 cm³/mol. The molecule has 5 heterocycles. The second-order valence-electron chi connectivity index (χ2n) is 9.12. The average Bonchev–Trinajstić information content (AvgIpc) is 3.21. The molecule has 32 heavy (non-hydrogen) atoms. The Morgan fingerprint density at radius 3 is 2.72 bits per heavy atom. The van der Waals surface area contributed by atoms with E-state index >= 15 is 0 Å². The van der Waals surface area contributed by atoms with Gasteiger partial charge in [0.25, 0.3) is 0 Å². The summed E-state index contributed by atoms with van der Waals surface area (Å²) in [5.74, 6) is 0.845. The van der Waals surface area contributed by atoms with E-state index in [9.17, 15) is 4.79 Å². The molecule has 0 saturated carbocycles. The maximum absolute atomic E-state index is 13.2. The van der Waals surface area contributed by atoms with Crippen LogP contribution in [0.3, 0.4) is 0 Å². The minimum absolute atomic E-state index is 0. The highest BCUT2D eigenvalue weighted by Crippen LogP contribution is 2.47. The van der Waals surface area contributed by atoms with Gasteiger partial charge >= 0.3 is 0 Å². The van der Waals surface area contributed by atoms with Crippen molar-refractivity contribution in [1.82, 2.24) is 15.2 Å². The second-order valence-corrected chi connectivity index (χ2v) is 10.3. The predicted octanol–water partition coefficient (Wildman–Crippen LogP) is 4.02. The summed E-state index contributed by atoms with van der Waals surface area (Å²) in [4.78, 5) is 22.4. The summed E-state index contributed by atoms with van der Waals surface area (Å²) < 4.78 is 6.42. The Morgan fingerprint density at radius 1 is 1.25 bits per heavy atom. The molecule has 1 amide bonds. The molecule has 2 saturated heterocycles. The molecule has 3 aliphatic rings. The largest absolute Gasteiger partial charge is 0.384 e. The molecule has 176 valence electrons. The number of rotatable bonds is 2. The second kappa shape index (κ2) is 9.85. The van der Waals surface area contributed by atoms with E-state index in [1.54, 1.807) is 0 Å². The number of nitrogen functional groups attached to an aromatic ring is 1. The molecule has 3 N–H and O–H groups in total. The Hall–Kier alpha value is -1.38. The van der Waals surface area contributed by atoms with Gasteiger partial charge in [-0.25, -0.2) is 4.98 Å². The zero-order chi connectivity index (χ0) is 20.8. The fraction of sp³-hybridized carbons (Fsp3) is 0.565. The van der Waals surface area contributed by atoms with Crippen LogP contribution in [-0.4, -0.2) is 48.6 Å². The van der Waals surface area contributed by atoms with Gasteiger partial charge < -0.3 is 20.7 Å². The number of hydrogen-bond donors (Lipinski definition) is 2. The molecular weight excluding hydrogens is 467 g/mol. The number of carbonyl (C=O) groups excluding carboxylic acids is 1. The van der Waals surface area contributed by atoms with Crippen molar-refractivity contribution in [2.45, 2.75) is 44.6 Å². The summed E-state index contributed by atoms with van der Waals surface area (Å²) in [7, 11) is 0. The number of likely N-dealkylation sites (tertiary alicyclic amines) is 1. The summed E-state index contributed by atoms with van der Waals surface area (Å²) in [5, 5.41) is 3.40. The van der Waals surface area contributed by atoms with Crippen LogP contribution in [0.5, 0.6) is 0 Å². The Labute approximate surface area is 206 Å². The third-order valence-corrected chi connectivity index (χ3v) is 8.22. The quantitative estimate of drug-likeness (QED) is 0.653. The molecule has 0 radical (unpaired) electrons. The van der Waals surface area contributed by atoms with Crippen LogP contribution in [0.25, 0.3) is 10.6 Å². The first kappa shape index (κ1) is 25.2. The van der Waals surface area contributed by atoms with Gasteiger partial charge in [0.2, 0.25) is 5.91 Å². The lowest BCUT2D eigenvalue weighted by Gasteiger charge is -2.46. The van der Waals surface area contributed by atoms with Gasteiger partial charge in [-0.1, -0.05) is 6.07 Å². The van der Waals surface area contributed by atoms with Crippen LogP contribution in [0.2, 0.25) is 0 Å². The third kappa shape index (κ3) is 4.50. The Kier molecular flexibility index (Phi) is 7.77. The SMILES string of the molecule is CC1(C(=O)N2CCC3(CC2)OCCc2sc(-c4cccc(N)n4)cc23)CCCNC1.Cl.Cl. The number of nitrogens with two attached hydrogens (primary N) is 1. The normalized spacial score (nSPS) is 24.2. The van der Waals surface area contributed by atoms with Crippen LogP contribution >= 0.6 is 36.2 Å². The van der Waals surface area contributed by atoms with Gasteiger partial charge in [-0.15, -0.1) is 36.2 Å². The lowest BCUT2D eigenvalue weighted by atomic mass is 9.78. The van der Waals surface area contributed by atoms with E-state index in [0.29, 0.717) is 11.7 Å². The lowest BCUT2D eigenvalue weighted by molar-refractivity contribution is -0.150. The first-order valence-electron chi connectivity index (χ1n) is 11.0. The van der Waals surface area contributed by atoms with Gasteiger partial charge in [-0.3, -0.25) is 4.79 Å². The molecule has 2 aromatic heterocycles. The number of halogens is 2. The number of fused-ring (bicyclic) bond motifs is 2. The van der Waals surface area contributed by atoms with Crippen molar-refractivity contribution in [1.29, 1.82) is 0 Å².